The molecule has 1 atom stereocenters. The van der Waals surface area contributed by atoms with Crippen LogP contribution < -0.4 is 5.32 Å². The van der Waals surface area contributed by atoms with Gasteiger partial charge in [-0.15, -0.1) is 0 Å². The number of hydrogen-bond acceptors (Lipinski definition) is 1. The van der Waals surface area contributed by atoms with Crippen molar-refractivity contribution in [3.63, 3.8) is 0 Å². The Kier molecular flexibility index (Phi) is 4.38. The quantitative estimate of drug-likeness (QED) is 0.871. The predicted octanol–water partition coefficient (Wildman–Crippen LogP) is 4.55. The van der Waals surface area contributed by atoms with E-state index in [-0.39, 0.29) is 11.9 Å². The molecule has 0 spiro atoms. The minimum atomic E-state index is -0.261. The lowest BCUT2D eigenvalue weighted by Crippen LogP contribution is -2.19. The van der Waals surface area contributed by atoms with Crippen molar-refractivity contribution in [3.05, 3.63) is 68.9 Å². The summed E-state index contributed by atoms with van der Waals surface area (Å²) in [6.45, 7) is 0. The maximum absolute atomic E-state index is 14.0. The zero-order valence-corrected chi connectivity index (χ0v) is 12.1. The van der Waals surface area contributed by atoms with Crippen LogP contribution in [0.15, 0.2) is 46.9 Å². The highest BCUT2D eigenvalue weighted by Gasteiger charge is 2.18. The minimum absolute atomic E-state index is 0.258. The Morgan fingerprint density at radius 3 is 2.50 bits per heavy atom. The summed E-state index contributed by atoms with van der Waals surface area (Å²) in [5.74, 6) is -0.261. The van der Waals surface area contributed by atoms with Gasteiger partial charge in [0.15, 0.2) is 0 Å². The van der Waals surface area contributed by atoms with Crippen molar-refractivity contribution in [1.82, 2.24) is 5.32 Å². The summed E-state index contributed by atoms with van der Waals surface area (Å²) in [4.78, 5) is 0. The molecule has 2 rings (SSSR count). The van der Waals surface area contributed by atoms with Crippen molar-refractivity contribution in [1.29, 1.82) is 0 Å². The van der Waals surface area contributed by atoms with Crippen molar-refractivity contribution >= 4 is 27.5 Å². The van der Waals surface area contributed by atoms with E-state index in [4.69, 9.17) is 11.6 Å². The van der Waals surface area contributed by atoms with Gasteiger partial charge in [-0.2, -0.15) is 0 Å². The number of rotatable bonds is 3. The molecule has 1 nitrogen and oxygen atoms in total. The number of nitrogens with one attached hydrogen (secondary N) is 1. The summed E-state index contributed by atoms with van der Waals surface area (Å²) in [7, 11) is 1.79. The average Bonchev–Trinajstić information content (AvgIpc) is 2.34. The Hall–Kier alpha value is -0.900. The van der Waals surface area contributed by atoms with Gasteiger partial charge in [-0.05, 0) is 30.8 Å². The summed E-state index contributed by atoms with van der Waals surface area (Å²) < 4.78 is 14.7. The minimum Gasteiger partial charge on any atom is -0.309 e. The van der Waals surface area contributed by atoms with Crippen LogP contribution in [0.25, 0.3) is 0 Å². The normalized spacial score (nSPS) is 12.4. The molecule has 0 radical (unpaired) electrons. The van der Waals surface area contributed by atoms with Crippen LogP contribution in [0.1, 0.15) is 17.2 Å². The first-order valence-corrected chi connectivity index (χ1v) is 6.67. The van der Waals surface area contributed by atoms with Gasteiger partial charge >= 0.3 is 0 Å². The molecule has 94 valence electrons. The molecule has 0 aromatic heterocycles. The highest BCUT2D eigenvalue weighted by molar-refractivity contribution is 9.10. The van der Waals surface area contributed by atoms with Crippen LogP contribution in [0.5, 0.6) is 0 Å². The van der Waals surface area contributed by atoms with E-state index in [1.807, 2.05) is 24.3 Å². The van der Waals surface area contributed by atoms with Crippen LogP contribution in [0.2, 0.25) is 5.02 Å². The maximum Gasteiger partial charge on any atom is 0.129 e. The lowest BCUT2D eigenvalue weighted by molar-refractivity contribution is 0.575. The molecular formula is C14H12BrClFN. The average molecular weight is 329 g/mol. The van der Waals surface area contributed by atoms with Crippen LogP contribution in [0.3, 0.4) is 0 Å². The standard InChI is InChI=1S/C14H12BrClFN/c1-18-14(10-4-2-3-5-12(10)16)11-7-6-9(15)8-13(11)17/h2-8,14,18H,1H3. The molecule has 2 aromatic rings. The van der Waals surface area contributed by atoms with E-state index in [2.05, 4.69) is 21.2 Å². The van der Waals surface area contributed by atoms with E-state index >= 15 is 0 Å². The molecule has 18 heavy (non-hydrogen) atoms. The molecule has 0 fully saturated rings. The lowest BCUT2D eigenvalue weighted by atomic mass is 9.98. The van der Waals surface area contributed by atoms with Crippen molar-refractivity contribution < 1.29 is 4.39 Å². The summed E-state index contributed by atoms with van der Waals surface area (Å²) in [5, 5.41) is 3.72. The van der Waals surface area contributed by atoms with Gasteiger partial charge in [0.25, 0.3) is 0 Å². The third-order valence-corrected chi connectivity index (χ3v) is 3.62. The molecule has 0 bridgehead atoms. The Labute approximate surface area is 119 Å². The fourth-order valence-electron chi connectivity index (χ4n) is 1.92. The number of hydrogen-bond donors (Lipinski definition) is 1. The number of benzene rings is 2. The Balaban J connectivity index is 2.49. The molecule has 0 saturated heterocycles. The molecule has 0 aliphatic carbocycles. The van der Waals surface area contributed by atoms with Crippen LogP contribution in [-0.2, 0) is 0 Å². The third kappa shape index (κ3) is 2.74. The summed E-state index contributed by atoms with van der Waals surface area (Å²) in [6, 6.07) is 12.2. The van der Waals surface area contributed by atoms with Gasteiger partial charge in [-0.25, -0.2) is 4.39 Å². The summed E-state index contributed by atoms with van der Waals surface area (Å²) in [6.07, 6.45) is 0. The predicted molar refractivity (Wildman–Crippen MR) is 76.5 cm³/mol. The Morgan fingerprint density at radius 2 is 1.89 bits per heavy atom. The van der Waals surface area contributed by atoms with E-state index in [0.717, 1.165) is 10.0 Å². The molecule has 0 heterocycles. The van der Waals surface area contributed by atoms with E-state index < -0.39 is 0 Å². The smallest absolute Gasteiger partial charge is 0.129 e. The summed E-state index contributed by atoms with van der Waals surface area (Å²) >= 11 is 9.41. The first-order chi connectivity index (χ1) is 8.63. The van der Waals surface area contributed by atoms with Crippen molar-refractivity contribution in [2.24, 2.45) is 0 Å². The van der Waals surface area contributed by atoms with Gasteiger partial charge in [-0.1, -0.05) is 51.8 Å². The molecule has 1 unspecified atom stereocenters. The first-order valence-electron chi connectivity index (χ1n) is 5.50. The zero-order valence-electron chi connectivity index (χ0n) is 9.75. The van der Waals surface area contributed by atoms with Crippen LogP contribution in [-0.4, -0.2) is 7.05 Å². The molecule has 4 heteroatoms. The molecule has 2 aromatic carbocycles. The number of halogens is 3. The fraction of sp³-hybridized carbons (Fsp3) is 0.143. The van der Waals surface area contributed by atoms with Gasteiger partial charge in [0.05, 0.1) is 6.04 Å². The van der Waals surface area contributed by atoms with Gasteiger partial charge in [-0.3, -0.25) is 0 Å². The maximum atomic E-state index is 14.0. The summed E-state index contributed by atoms with van der Waals surface area (Å²) in [5.41, 5.74) is 1.44. The van der Waals surface area contributed by atoms with E-state index in [0.29, 0.717) is 10.6 Å². The molecule has 0 amide bonds. The topological polar surface area (TPSA) is 12.0 Å². The third-order valence-electron chi connectivity index (χ3n) is 2.78. The molecule has 0 aliphatic heterocycles. The lowest BCUT2D eigenvalue weighted by Gasteiger charge is -2.19. The van der Waals surface area contributed by atoms with Crippen LogP contribution in [0, 0.1) is 5.82 Å². The van der Waals surface area contributed by atoms with Crippen molar-refractivity contribution in [3.8, 4) is 0 Å². The molecular weight excluding hydrogens is 317 g/mol. The highest BCUT2D eigenvalue weighted by atomic mass is 79.9. The Morgan fingerprint density at radius 1 is 1.17 bits per heavy atom. The highest BCUT2D eigenvalue weighted by Crippen LogP contribution is 2.30. The second-order valence-electron chi connectivity index (χ2n) is 3.91. The molecule has 0 aliphatic rings. The second kappa shape index (κ2) is 5.83. The van der Waals surface area contributed by atoms with Crippen molar-refractivity contribution in [2.45, 2.75) is 6.04 Å². The van der Waals surface area contributed by atoms with E-state index in [1.165, 1.54) is 6.07 Å². The second-order valence-corrected chi connectivity index (χ2v) is 5.23. The molecule has 0 saturated carbocycles. The van der Waals surface area contributed by atoms with Gasteiger partial charge < -0.3 is 5.32 Å². The zero-order chi connectivity index (χ0) is 13.1. The first kappa shape index (κ1) is 13.5. The monoisotopic (exact) mass is 327 g/mol. The van der Waals surface area contributed by atoms with Gasteiger partial charge in [0, 0.05) is 15.1 Å². The Bertz CT molecular complexity index is 559. The van der Waals surface area contributed by atoms with Gasteiger partial charge in [0.1, 0.15) is 5.82 Å². The van der Waals surface area contributed by atoms with E-state index in [1.54, 1.807) is 19.2 Å². The van der Waals surface area contributed by atoms with Crippen molar-refractivity contribution in [2.75, 3.05) is 7.05 Å². The van der Waals surface area contributed by atoms with E-state index in [9.17, 15) is 4.39 Å². The largest absolute Gasteiger partial charge is 0.309 e. The van der Waals surface area contributed by atoms with Gasteiger partial charge in [0.2, 0.25) is 0 Å². The molecule has 1 N–H and O–H groups in total. The SMILES string of the molecule is CNC(c1ccc(Br)cc1F)c1ccccc1Cl. The fourth-order valence-corrected chi connectivity index (χ4v) is 2.50. The van der Waals surface area contributed by atoms with Crippen LogP contribution >= 0.6 is 27.5 Å². The van der Waals surface area contributed by atoms with Crippen LogP contribution in [0.4, 0.5) is 4.39 Å².